The molecule has 32 heavy (non-hydrogen) atoms. The lowest BCUT2D eigenvalue weighted by Crippen LogP contribution is -2.37. The first-order valence-corrected chi connectivity index (χ1v) is 10.0. The summed E-state index contributed by atoms with van der Waals surface area (Å²) in [7, 11) is 0. The molecule has 1 aliphatic heterocycles. The van der Waals surface area contributed by atoms with Crippen molar-refractivity contribution in [2.45, 2.75) is 6.54 Å². The summed E-state index contributed by atoms with van der Waals surface area (Å²) in [6.45, 7) is -1.02. The van der Waals surface area contributed by atoms with Gasteiger partial charge in [0.05, 0.1) is 17.7 Å². The van der Waals surface area contributed by atoms with Gasteiger partial charge in [-0.25, -0.2) is 0 Å². The van der Waals surface area contributed by atoms with Gasteiger partial charge in [-0.15, -0.1) is 0 Å². The number of amides is 3. The highest BCUT2D eigenvalue weighted by molar-refractivity contribution is 6.30. The third kappa shape index (κ3) is 4.55. The van der Waals surface area contributed by atoms with Crippen LogP contribution in [0, 0.1) is 0 Å². The van der Waals surface area contributed by atoms with Gasteiger partial charge in [-0.05, 0) is 48.5 Å². The molecular weight excluding hydrogens is 436 g/mol. The van der Waals surface area contributed by atoms with E-state index in [1.54, 1.807) is 36.4 Å². The number of esters is 1. The van der Waals surface area contributed by atoms with Crippen molar-refractivity contribution in [3.05, 3.63) is 82.6 Å². The van der Waals surface area contributed by atoms with Crippen LogP contribution in [0.1, 0.15) is 26.5 Å². The van der Waals surface area contributed by atoms with Crippen LogP contribution in [0.25, 0.3) is 11.3 Å². The van der Waals surface area contributed by atoms with Gasteiger partial charge < -0.3 is 14.5 Å². The van der Waals surface area contributed by atoms with Crippen LogP contribution in [0.15, 0.2) is 65.1 Å². The highest BCUT2D eigenvalue weighted by Gasteiger charge is 2.36. The van der Waals surface area contributed by atoms with Gasteiger partial charge in [0.2, 0.25) is 0 Å². The van der Waals surface area contributed by atoms with Crippen molar-refractivity contribution in [3.63, 3.8) is 0 Å². The van der Waals surface area contributed by atoms with Crippen LogP contribution in [0.4, 0.5) is 0 Å². The smallest absolute Gasteiger partial charge is 0.326 e. The molecule has 1 aliphatic rings. The molecule has 0 saturated heterocycles. The first kappa shape index (κ1) is 21.3. The predicted molar refractivity (Wildman–Crippen MR) is 114 cm³/mol. The van der Waals surface area contributed by atoms with E-state index in [4.69, 9.17) is 20.8 Å². The number of benzene rings is 2. The van der Waals surface area contributed by atoms with Crippen molar-refractivity contribution in [3.8, 4) is 11.3 Å². The van der Waals surface area contributed by atoms with E-state index in [1.807, 2.05) is 12.1 Å². The molecule has 0 unspecified atom stereocenters. The van der Waals surface area contributed by atoms with Crippen molar-refractivity contribution >= 4 is 35.3 Å². The minimum absolute atomic E-state index is 0.0996. The van der Waals surface area contributed by atoms with E-state index in [9.17, 15) is 19.2 Å². The SMILES string of the molecule is O=C(COC(=O)CN1C(=O)c2ccccc2C1=O)NCc1ccc(-c2ccc(Cl)cc2)o1. The van der Waals surface area contributed by atoms with Crippen molar-refractivity contribution < 1.29 is 28.3 Å². The van der Waals surface area contributed by atoms with E-state index in [0.717, 1.165) is 10.5 Å². The van der Waals surface area contributed by atoms with Gasteiger partial charge in [-0.3, -0.25) is 24.1 Å². The number of hydrogen-bond acceptors (Lipinski definition) is 6. The lowest BCUT2D eigenvalue weighted by Gasteiger charge is -2.12. The van der Waals surface area contributed by atoms with Crippen molar-refractivity contribution in [1.82, 2.24) is 10.2 Å². The van der Waals surface area contributed by atoms with Gasteiger partial charge in [-0.1, -0.05) is 23.7 Å². The summed E-state index contributed by atoms with van der Waals surface area (Å²) in [5.74, 6) is -1.41. The Balaban J connectivity index is 1.23. The molecule has 0 fully saturated rings. The van der Waals surface area contributed by atoms with Crippen molar-refractivity contribution in [2.24, 2.45) is 0 Å². The summed E-state index contributed by atoms with van der Waals surface area (Å²) >= 11 is 5.87. The molecule has 0 saturated carbocycles. The first-order valence-electron chi connectivity index (χ1n) is 9.64. The summed E-state index contributed by atoms with van der Waals surface area (Å²) in [4.78, 5) is 49.3. The second-order valence-corrected chi connectivity index (χ2v) is 7.39. The summed E-state index contributed by atoms with van der Waals surface area (Å²) in [5.41, 5.74) is 1.31. The molecule has 9 heteroatoms. The second kappa shape index (κ2) is 9.07. The minimum atomic E-state index is -0.863. The summed E-state index contributed by atoms with van der Waals surface area (Å²) in [6, 6.07) is 16.9. The van der Waals surface area contributed by atoms with Gasteiger partial charge in [0.1, 0.15) is 18.1 Å². The van der Waals surface area contributed by atoms with Gasteiger partial charge in [-0.2, -0.15) is 0 Å². The number of fused-ring (bicyclic) bond motifs is 1. The van der Waals surface area contributed by atoms with E-state index in [0.29, 0.717) is 16.5 Å². The van der Waals surface area contributed by atoms with Crippen LogP contribution in [-0.4, -0.2) is 41.7 Å². The largest absolute Gasteiger partial charge is 0.459 e. The third-order valence-electron chi connectivity index (χ3n) is 4.78. The maximum absolute atomic E-state index is 12.3. The first-order chi connectivity index (χ1) is 15.4. The standard InChI is InChI=1S/C23H17ClN2O6/c24-15-7-5-14(6-8-15)19-10-9-16(32-19)11-25-20(27)13-31-21(28)12-26-22(29)17-3-1-2-4-18(17)23(26)30/h1-10H,11-13H2,(H,25,27). The number of imide groups is 1. The average molecular weight is 453 g/mol. The monoisotopic (exact) mass is 452 g/mol. The molecule has 0 atom stereocenters. The van der Waals surface area contributed by atoms with Crippen LogP contribution in [0.3, 0.4) is 0 Å². The summed E-state index contributed by atoms with van der Waals surface area (Å²) in [5, 5.41) is 3.19. The summed E-state index contributed by atoms with van der Waals surface area (Å²) in [6.07, 6.45) is 0. The number of nitrogens with one attached hydrogen (secondary N) is 1. The quantitative estimate of drug-likeness (QED) is 0.436. The summed E-state index contributed by atoms with van der Waals surface area (Å²) < 4.78 is 10.6. The van der Waals surface area contributed by atoms with E-state index < -0.39 is 36.8 Å². The van der Waals surface area contributed by atoms with Gasteiger partial charge >= 0.3 is 5.97 Å². The minimum Gasteiger partial charge on any atom is -0.459 e. The number of nitrogens with zero attached hydrogens (tertiary/aromatic N) is 1. The Morgan fingerprint density at radius 2 is 1.59 bits per heavy atom. The van der Waals surface area contributed by atoms with Crippen LogP contribution in [0.2, 0.25) is 5.02 Å². The Morgan fingerprint density at radius 3 is 2.25 bits per heavy atom. The Labute approximate surface area is 187 Å². The number of furan rings is 1. The molecule has 0 bridgehead atoms. The Hall–Kier alpha value is -3.91. The molecular formula is C23H17ClN2O6. The van der Waals surface area contributed by atoms with Crippen LogP contribution < -0.4 is 5.32 Å². The number of hydrogen-bond donors (Lipinski definition) is 1. The fraction of sp³-hybridized carbons (Fsp3) is 0.130. The molecule has 3 aromatic rings. The molecule has 0 radical (unpaired) electrons. The van der Waals surface area contributed by atoms with Gasteiger partial charge in [0.25, 0.3) is 17.7 Å². The van der Waals surface area contributed by atoms with Gasteiger partial charge in [0.15, 0.2) is 6.61 Å². The highest BCUT2D eigenvalue weighted by Crippen LogP contribution is 2.24. The molecule has 2 aromatic carbocycles. The van der Waals surface area contributed by atoms with E-state index in [1.165, 1.54) is 12.1 Å². The fourth-order valence-corrected chi connectivity index (χ4v) is 3.31. The van der Waals surface area contributed by atoms with Crippen LogP contribution in [-0.2, 0) is 20.9 Å². The lowest BCUT2D eigenvalue weighted by molar-refractivity contribution is -0.148. The molecule has 0 aliphatic carbocycles. The molecule has 162 valence electrons. The number of ether oxygens (including phenoxy) is 1. The Bertz CT molecular complexity index is 1170. The molecule has 1 N–H and O–H groups in total. The average Bonchev–Trinajstić information content (AvgIpc) is 3.36. The number of carbonyl (C=O) groups is 4. The number of halogens is 1. The molecule has 0 spiro atoms. The molecule has 4 rings (SSSR count). The number of rotatable bonds is 7. The zero-order chi connectivity index (χ0) is 22.7. The number of carbonyl (C=O) groups excluding carboxylic acids is 4. The normalized spacial score (nSPS) is 12.6. The topological polar surface area (TPSA) is 106 Å². The maximum Gasteiger partial charge on any atom is 0.326 e. The predicted octanol–water partition coefficient (Wildman–Crippen LogP) is 3.06. The third-order valence-corrected chi connectivity index (χ3v) is 5.03. The van der Waals surface area contributed by atoms with Crippen molar-refractivity contribution in [1.29, 1.82) is 0 Å². The van der Waals surface area contributed by atoms with Gasteiger partial charge in [0, 0.05) is 10.6 Å². The fourth-order valence-electron chi connectivity index (χ4n) is 3.18. The maximum atomic E-state index is 12.3. The van der Waals surface area contributed by atoms with E-state index >= 15 is 0 Å². The Morgan fingerprint density at radius 1 is 0.938 bits per heavy atom. The van der Waals surface area contributed by atoms with Crippen LogP contribution in [0.5, 0.6) is 0 Å². The lowest BCUT2D eigenvalue weighted by atomic mass is 10.1. The highest BCUT2D eigenvalue weighted by atomic mass is 35.5. The van der Waals surface area contributed by atoms with Crippen LogP contribution >= 0.6 is 11.6 Å². The van der Waals surface area contributed by atoms with E-state index in [2.05, 4.69) is 5.32 Å². The molecule has 2 heterocycles. The molecule has 8 nitrogen and oxygen atoms in total. The Kier molecular flexibility index (Phi) is 6.04. The molecule has 3 amide bonds. The zero-order valence-electron chi connectivity index (χ0n) is 16.7. The molecule has 1 aromatic heterocycles. The zero-order valence-corrected chi connectivity index (χ0v) is 17.4. The van der Waals surface area contributed by atoms with E-state index in [-0.39, 0.29) is 17.7 Å². The second-order valence-electron chi connectivity index (χ2n) is 6.95. The van der Waals surface area contributed by atoms with Crippen molar-refractivity contribution in [2.75, 3.05) is 13.2 Å².